The van der Waals surface area contributed by atoms with Gasteiger partial charge in [0.05, 0.1) is 12.6 Å². The summed E-state index contributed by atoms with van der Waals surface area (Å²) < 4.78 is 5.99. The Morgan fingerprint density at radius 3 is 3.15 bits per heavy atom. The number of likely N-dealkylation sites (tertiary alicyclic amines) is 1. The van der Waals surface area contributed by atoms with E-state index in [0.717, 1.165) is 37.5 Å². The van der Waals surface area contributed by atoms with Gasteiger partial charge in [0.25, 0.3) is 5.91 Å². The minimum atomic E-state index is -0.236. The van der Waals surface area contributed by atoms with E-state index in [0.29, 0.717) is 5.92 Å². The van der Waals surface area contributed by atoms with Crippen LogP contribution in [0, 0.1) is 5.92 Å². The molecule has 0 aromatic carbocycles. The molecular weight excluding hydrogens is 274 g/mol. The van der Waals surface area contributed by atoms with Crippen molar-refractivity contribution in [3.05, 3.63) is 16.6 Å². The highest BCUT2D eigenvalue weighted by molar-refractivity contribution is 7.09. The SMILES string of the molecule is CN(C)C(=O)[C@H]1C[C@@H]2CCN(Cc3nccs3)C[C@@H]2O1. The van der Waals surface area contributed by atoms with Crippen molar-refractivity contribution in [2.45, 2.75) is 31.6 Å². The first-order valence-corrected chi connectivity index (χ1v) is 7.99. The number of carbonyl (C=O) groups is 1. The summed E-state index contributed by atoms with van der Waals surface area (Å²) in [5.74, 6) is 0.641. The van der Waals surface area contributed by atoms with Crippen molar-refractivity contribution in [1.29, 1.82) is 0 Å². The van der Waals surface area contributed by atoms with Gasteiger partial charge in [0.1, 0.15) is 11.1 Å². The average Bonchev–Trinajstić information content (AvgIpc) is 3.06. The van der Waals surface area contributed by atoms with Crippen LogP contribution in [0.15, 0.2) is 11.6 Å². The molecule has 1 amide bonds. The van der Waals surface area contributed by atoms with Gasteiger partial charge in [-0.25, -0.2) is 4.98 Å². The molecule has 0 aliphatic carbocycles. The Kier molecular flexibility index (Phi) is 4.05. The number of likely N-dealkylation sites (N-methyl/N-ethyl adjacent to an activating group) is 1. The van der Waals surface area contributed by atoms with Gasteiger partial charge in [-0.05, 0) is 25.3 Å². The van der Waals surface area contributed by atoms with Gasteiger partial charge in [-0.1, -0.05) is 0 Å². The Morgan fingerprint density at radius 1 is 1.60 bits per heavy atom. The van der Waals surface area contributed by atoms with E-state index in [1.807, 2.05) is 11.6 Å². The number of hydrogen-bond donors (Lipinski definition) is 0. The summed E-state index contributed by atoms with van der Waals surface area (Å²) in [7, 11) is 3.59. The van der Waals surface area contributed by atoms with Crippen LogP contribution in [0.3, 0.4) is 0 Å². The van der Waals surface area contributed by atoms with Crippen LogP contribution in [-0.2, 0) is 16.1 Å². The van der Waals surface area contributed by atoms with Gasteiger partial charge in [0.2, 0.25) is 0 Å². The molecule has 3 atom stereocenters. The van der Waals surface area contributed by atoms with E-state index < -0.39 is 0 Å². The molecule has 1 aromatic heterocycles. The maximum absolute atomic E-state index is 12.0. The fourth-order valence-electron chi connectivity index (χ4n) is 3.11. The lowest BCUT2D eigenvalue weighted by Gasteiger charge is -2.33. The average molecular weight is 295 g/mol. The zero-order chi connectivity index (χ0) is 14.1. The van der Waals surface area contributed by atoms with Crippen molar-refractivity contribution in [2.24, 2.45) is 5.92 Å². The highest BCUT2D eigenvalue weighted by Crippen LogP contribution is 2.34. The van der Waals surface area contributed by atoms with Crippen molar-refractivity contribution in [3.63, 3.8) is 0 Å². The highest BCUT2D eigenvalue weighted by Gasteiger charge is 2.42. The Balaban J connectivity index is 1.57. The monoisotopic (exact) mass is 295 g/mol. The fourth-order valence-corrected chi connectivity index (χ4v) is 3.77. The number of piperidine rings is 1. The Bertz CT molecular complexity index is 463. The van der Waals surface area contributed by atoms with Crippen LogP contribution >= 0.6 is 11.3 Å². The van der Waals surface area contributed by atoms with Crippen LogP contribution < -0.4 is 0 Å². The lowest BCUT2D eigenvalue weighted by atomic mass is 9.91. The number of hydrogen-bond acceptors (Lipinski definition) is 5. The predicted molar refractivity (Wildman–Crippen MR) is 77.5 cm³/mol. The molecule has 2 aliphatic rings. The molecule has 0 unspecified atom stereocenters. The third-order valence-corrected chi connectivity index (χ3v) is 4.96. The predicted octanol–water partition coefficient (Wildman–Crippen LogP) is 1.21. The molecule has 0 radical (unpaired) electrons. The smallest absolute Gasteiger partial charge is 0.251 e. The quantitative estimate of drug-likeness (QED) is 0.841. The van der Waals surface area contributed by atoms with Crippen LogP contribution in [0.4, 0.5) is 0 Å². The third-order valence-electron chi connectivity index (χ3n) is 4.19. The van der Waals surface area contributed by atoms with Gasteiger partial charge < -0.3 is 9.64 Å². The Hall–Kier alpha value is -0.980. The topological polar surface area (TPSA) is 45.7 Å². The number of aromatic nitrogens is 1. The molecule has 110 valence electrons. The molecule has 3 heterocycles. The number of rotatable bonds is 3. The van der Waals surface area contributed by atoms with Crippen molar-refractivity contribution in [2.75, 3.05) is 27.2 Å². The van der Waals surface area contributed by atoms with E-state index in [2.05, 4.69) is 9.88 Å². The summed E-state index contributed by atoms with van der Waals surface area (Å²) in [4.78, 5) is 20.4. The lowest BCUT2D eigenvalue weighted by molar-refractivity contribution is -0.141. The standard InChI is InChI=1S/C14H21N3O2S/c1-16(2)14(18)11-7-10-3-5-17(8-12(10)19-11)9-13-15-4-6-20-13/h4,6,10-12H,3,5,7-9H2,1-2H3/t10-,11+,12-/m0/s1. The maximum atomic E-state index is 12.0. The summed E-state index contributed by atoms with van der Waals surface area (Å²) in [6, 6.07) is 0. The zero-order valence-corrected chi connectivity index (χ0v) is 12.8. The Labute approximate surface area is 123 Å². The molecule has 0 saturated carbocycles. The third kappa shape index (κ3) is 2.87. The fraction of sp³-hybridized carbons (Fsp3) is 0.714. The molecule has 2 saturated heterocycles. The zero-order valence-electron chi connectivity index (χ0n) is 12.0. The van der Waals surface area contributed by atoms with Gasteiger partial charge in [0.15, 0.2) is 0 Å². The van der Waals surface area contributed by atoms with Crippen LogP contribution in [0.5, 0.6) is 0 Å². The molecule has 2 aliphatic heterocycles. The molecule has 0 spiro atoms. The molecule has 5 nitrogen and oxygen atoms in total. The molecule has 2 fully saturated rings. The molecule has 0 N–H and O–H groups in total. The lowest BCUT2D eigenvalue weighted by Crippen LogP contribution is -2.42. The molecular formula is C14H21N3O2S. The summed E-state index contributed by atoms with van der Waals surface area (Å²) in [6.07, 6.45) is 3.82. The van der Waals surface area contributed by atoms with Gasteiger partial charge in [-0.3, -0.25) is 9.69 Å². The number of carbonyl (C=O) groups excluding carboxylic acids is 1. The molecule has 3 rings (SSSR count). The second kappa shape index (κ2) is 5.79. The van der Waals surface area contributed by atoms with E-state index >= 15 is 0 Å². The van der Waals surface area contributed by atoms with E-state index in [1.165, 1.54) is 0 Å². The first-order valence-electron chi connectivity index (χ1n) is 7.11. The van der Waals surface area contributed by atoms with Crippen LogP contribution in [0.1, 0.15) is 17.8 Å². The molecule has 20 heavy (non-hydrogen) atoms. The second-order valence-electron chi connectivity index (χ2n) is 5.84. The van der Waals surface area contributed by atoms with E-state index in [4.69, 9.17) is 4.74 Å². The molecule has 6 heteroatoms. The number of amides is 1. The van der Waals surface area contributed by atoms with Crippen molar-refractivity contribution >= 4 is 17.2 Å². The van der Waals surface area contributed by atoms with E-state index in [1.54, 1.807) is 30.3 Å². The largest absolute Gasteiger partial charge is 0.364 e. The summed E-state index contributed by atoms with van der Waals surface area (Å²) in [6.45, 7) is 2.89. The van der Waals surface area contributed by atoms with Gasteiger partial charge >= 0.3 is 0 Å². The first-order chi connectivity index (χ1) is 9.63. The number of fused-ring (bicyclic) bond motifs is 1. The number of ether oxygens (including phenoxy) is 1. The van der Waals surface area contributed by atoms with Crippen molar-refractivity contribution in [3.8, 4) is 0 Å². The number of nitrogens with zero attached hydrogens (tertiary/aromatic N) is 3. The minimum absolute atomic E-state index is 0.103. The number of thiazole rings is 1. The maximum Gasteiger partial charge on any atom is 0.251 e. The van der Waals surface area contributed by atoms with Crippen LogP contribution in [0.2, 0.25) is 0 Å². The first kappa shape index (κ1) is 14.0. The molecule has 1 aromatic rings. The second-order valence-corrected chi connectivity index (χ2v) is 6.82. The summed E-state index contributed by atoms with van der Waals surface area (Å²) in [5.41, 5.74) is 0. The van der Waals surface area contributed by atoms with Crippen molar-refractivity contribution in [1.82, 2.24) is 14.8 Å². The highest BCUT2D eigenvalue weighted by atomic mass is 32.1. The molecule has 0 bridgehead atoms. The van der Waals surface area contributed by atoms with Gasteiger partial charge in [-0.2, -0.15) is 0 Å². The Morgan fingerprint density at radius 2 is 2.45 bits per heavy atom. The van der Waals surface area contributed by atoms with E-state index in [-0.39, 0.29) is 18.1 Å². The van der Waals surface area contributed by atoms with Crippen LogP contribution in [0.25, 0.3) is 0 Å². The minimum Gasteiger partial charge on any atom is -0.364 e. The summed E-state index contributed by atoms with van der Waals surface area (Å²) >= 11 is 1.70. The normalized spacial score (nSPS) is 30.2. The van der Waals surface area contributed by atoms with Crippen LogP contribution in [-0.4, -0.2) is 60.1 Å². The van der Waals surface area contributed by atoms with Gasteiger partial charge in [-0.15, -0.1) is 11.3 Å². The van der Waals surface area contributed by atoms with Gasteiger partial charge in [0, 0.05) is 32.2 Å². The van der Waals surface area contributed by atoms with Crippen molar-refractivity contribution < 1.29 is 9.53 Å². The van der Waals surface area contributed by atoms with E-state index in [9.17, 15) is 4.79 Å². The summed E-state index contributed by atoms with van der Waals surface area (Å²) in [5, 5.41) is 3.17.